The molecular weight excluding hydrogens is 422 g/mol. The number of benzene rings is 1. The third-order valence-corrected chi connectivity index (χ3v) is 5.09. The molecule has 2 rings (SSSR count). The van der Waals surface area contributed by atoms with Gasteiger partial charge >= 0.3 is 0 Å². The predicted octanol–water partition coefficient (Wildman–Crippen LogP) is 3.17. The van der Waals surface area contributed by atoms with E-state index in [-0.39, 0.29) is 5.75 Å². The smallest absolute Gasteiger partial charge is 0.233 e. The van der Waals surface area contributed by atoms with Crippen LogP contribution in [0.25, 0.3) is 0 Å². The van der Waals surface area contributed by atoms with E-state index in [1.807, 2.05) is 0 Å². The number of nitrogens with one attached hydrogen (secondary N) is 1. The minimum absolute atomic E-state index is 0.0288. The number of pyridine rings is 1. The Labute approximate surface area is 140 Å². The van der Waals surface area contributed by atoms with Crippen LogP contribution in [0, 0.1) is 0 Å². The maximum atomic E-state index is 12.1. The fourth-order valence-corrected chi connectivity index (χ4v) is 4.34. The molecule has 0 bridgehead atoms. The van der Waals surface area contributed by atoms with E-state index in [9.17, 15) is 8.42 Å². The Morgan fingerprint density at radius 1 is 1.19 bits per heavy atom. The van der Waals surface area contributed by atoms with Gasteiger partial charge in [0.05, 0.1) is 17.1 Å². The molecule has 0 aliphatic heterocycles. The molecule has 1 aromatic heterocycles. The van der Waals surface area contributed by atoms with E-state index in [1.165, 1.54) is 0 Å². The summed E-state index contributed by atoms with van der Waals surface area (Å²) in [6, 6.07) is 6.96. The van der Waals surface area contributed by atoms with Gasteiger partial charge in [-0.05, 0) is 52.2 Å². The average Bonchev–Trinajstić information content (AvgIpc) is 2.42. The zero-order valence-electron chi connectivity index (χ0n) is 10.9. The van der Waals surface area contributed by atoms with Gasteiger partial charge < -0.3 is 5.73 Å². The molecule has 0 aliphatic rings. The fourth-order valence-electron chi connectivity index (χ4n) is 1.71. The molecule has 1 heterocycles. The van der Waals surface area contributed by atoms with Crippen molar-refractivity contribution in [1.82, 2.24) is 4.98 Å². The Morgan fingerprint density at radius 2 is 1.86 bits per heavy atom. The molecule has 0 unspecified atom stereocenters. The molecule has 0 amide bonds. The normalized spacial score (nSPS) is 11.3. The Balaban J connectivity index is 2.11. The second kappa shape index (κ2) is 6.76. The van der Waals surface area contributed by atoms with Gasteiger partial charge in [-0.2, -0.15) is 0 Å². The number of nitrogens with zero attached hydrogens (tertiary/aromatic N) is 1. The monoisotopic (exact) mass is 433 g/mol. The predicted molar refractivity (Wildman–Crippen MR) is 91.6 cm³/mol. The minimum Gasteiger partial charge on any atom is -0.397 e. The van der Waals surface area contributed by atoms with Crippen LogP contribution in [-0.4, -0.2) is 19.2 Å². The summed E-state index contributed by atoms with van der Waals surface area (Å²) in [7, 11) is -3.49. The number of hydrogen-bond acceptors (Lipinski definition) is 4. The molecule has 0 saturated heterocycles. The lowest BCUT2D eigenvalue weighted by Gasteiger charge is -2.12. The molecule has 3 N–H and O–H groups in total. The van der Waals surface area contributed by atoms with Crippen LogP contribution < -0.4 is 10.5 Å². The zero-order chi connectivity index (χ0) is 15.5. The van der Waals surface area contributed by atoms with E-state index in [4.69, 9.17) is 5.73 Å². The van der Waals surface area contributed by atoms with Crippen molar-refractivity contribution in [3.8, 4) is 0 Å². The fraction of sp³-hybridized carbons (Fsp3) is 0.154. The lowest BCUT2D eigenvalue weighted by molar-refractivity contribution is 0.600. The Hall–Kier alpha value is -1.12. The van der Waals surface area contributed by atoms with E-state index in [0.717, 1.165) is 10.0 Å². The number of nitrogens with two attached hydrogens (primary N) is 1. The highest BCUT2D eigenvalue weighted by molar-refractivity contribution is 9.11. The highest BCUT2D eigenvalue weighted by atomic mass is 79.9. The number of halogens is 2. The summed E-state index contributed by atoms with van der Waals surface area (Å²) in [5.41, 5.74) is 7.46. The average molecular weight is 435 g/mol. The van der Waals surface area contributed by atoms with Crippen molar-refractivity contribution in [3.63, 3.8) is 0 Å². The quantitative estimate of drug-likeness (QED) is 0.707. The number of aryl methyl sites for hydroxylation is 1. The zero-order valence-corrected chi connectivity index (χ0v) is 14.9. The van der Waals surface area contributed by atoms with Crippen molar-refractivity contribution in [3.05, 3.63) is 51.2 Å². The van der Waals surface area contributed by atoms with E-state index in [0.29, 0.717) is 22.3 Å². The van der Waals surface area contributed by atoms with Crippen molar-refractivity contribution >= 4 is 53.3 Å². The van der Waals surface area contributed by atoms with Crippen LogP contribution in [0.15, 0.2) is 45.6 Å². The lowest BCUT2D eigenvalue weighted by atomic mass is 10.2. The van der Waals surface area contributed by atoms with Gasteiger partial charge in [0.15, 0.2) is 0 Å². The van der Waals surface area contributed by atoms with E-state index in [2.05, 4.69) is 41.6 Å². The SMILES string of the molecule is Nc1cc(Br)cc(Br)c1NS(=O)(=O)CCc1ccncc1. The van der Waals surface area contributed by atoms with Gasteiger partial charge in [0.2, 0.25) is 10.0 Å². The summed E-state index contributed by atoms with van der Waals surface area (Å²) in [5, 5.41) is 0. The molecule has 2 aromatic rings. The van der Waals surface area contributed by atoms with Crippen LogP contribution in [0.4, 0.5) is 11.4 Å². The molecule has 0 radical (unpaired) electrons. The molecule has 112 valence electrons. The van der Waals surface area contributed by atoms with Crippen LogP contribution >= 0.6 is 31.9 Å². The van der Waals surface area contributed by atoms with Crippen LogP contribution in [0.1, 0.15) is 5.56 Å². The second-order valence-electron chi connectivity index (χ2n) is 4.38. The van der Waals surface area contributed by atoms with E-state index >= 15 is 0 Å². The van der Waals surface area contributed by atoms with Gasteiger partial charge in [0, 0.05) is 21.3 Å². The molecular formula is C13H13Br2N3O2S. The molecule has 0 atom stereocenters. The summed E-state index contributed by atoms with van der Waals surface area (Å²) in [4.78, 5) is 3.90. The molecule has 0 saturated carbocycles. The third kappa shape index (κ3) is 4.69. The molecule has 1 aromatic carbocycles. The molecule has 0 aliphatic carbocycles. The van der Waals surface area contributed by atoms with Crippen molar-refractivity contribution in [2.45, 2.75) is 6.42 Å². The topological polar surface area (TPSA) is 85.1 Å². The number of sulfonamides is 1. The number of rotatable bonds is 5. The summed E-state index contributed by atoms with van der Waals surface area (Å²) >= 11 is 6.60. The highest BCUT2D eigenvalue weighted by Crippen LogP contribution is 2.33. The standard InChI is InChI=1S/C13H13Br2N3O2S/c14-10-7-11(15)13(12(16)8-10)18-21(19,20)6-3-9-1-4-17-5-2-9/h1-2,4-5,7-8,18H,3,6,16H2. The summed E-state index contributed by atoms with van der Waals surface area (Å²) < 4.78 is 28.2. The van der Waals surface area contributed by atoms with Crippen molar-refractivity contribution in [1.29, 1.82) is 0 Å². The van der Waals surface area contributed by atoms with E-state index < -0.39 is 10.0 Å². The number of anilines is 2. The van der Waals surface area contributed by atoms with Crippen molar-refractivity contribution < 1.29 is 8.42 Å². The Bertz CT molecular complexity index is 713. The third-order valence-electron chi connectivity index (χ3n) is 2.75. The first-order valence-corrected chi connectivity index (χ1v) is 9.25. The molecule has 8 heteroatoms. The first-order valence-electron chi connectivity index (χ1n) is 6.01. The molecule has 5 nitrogen and oxygen atoms in total. The van der Waals surface area contributed by atoms with Crippen LogP contribution in [0.3, 0.4) is 0 Å². The largest absolute Gasteiger partial charge is 0.397 e. The Kier molecular flexibility index (Phi) is 5.23. The van der Waals surface area contributed by atoms with Gasteiger partial charge in [-0.25, -0.2) is 8.42 Å². The second-order valence-corrected chi connectivity index (χ2v) is 7.99. The van der Waals surface area contributed by atoms with Gasteiger partial charge in [0.25, 0.3) is 0 Å². The minimum atomic E-state index is -3.49. The first kappa shape index (κ1) is 16.3. The van der Waals surface area contributed by atoms with Gasteiger partial charge in [-0.3, -0.25) is 9.71 Å². The van der Waals surface area contributed by atoms with Gasteiger partial charge in [0.1, 0.15) is 0 Å². The van der Waals surface area contributed by atoms with E-state index in [1.54, 1.807) is 36.7 Å². The summed E-state index contributed by atoms with van der Waals surface area (Å²) in [5.74, 6) is -0.0288. The maximum absolute atomic E-state index is 12.1. The first-order chi connectivity index (χ1) is 9.87. The van der Waals surface area contributed by atoms with Gasteiger partial charge in [-0.15, -0.1) is 0 Å². The maximum Gasteiger partial charge on any atom is 0.233 e. The van der Waals surface area contributed by atoms with Crippen LogP contribution in [0.2, 0.25) is 0 Å². The number of aromatic nitrogens is 1. The van der Waals surface area contributed by atoms with Crippen molar-refractivity contribution in [2.24, 2.45) is 0 Å². The van der Waals surface area contributed by atoms with Crippen LogP contribution in [0.5, 0.6) is 0 Å². The lowest BCUT2D eigenvalue weighted by Crippen LogP contribution is -2.19. The van der Waals surface area contributed by atoms with Crippen molar-refractivity contribution in [2.75, 3.05) is 16.2 Å². The van der Waals surface area contributed by atoms with Gasteiger partial charge in [-0.1, -0.05) is 15.9 Å². The molecule has 21 heavy (non-hydrogen) atoms. The summed E-state index contributed by atoms with van der Waals surface area (Å²) in [6.45, 7) is 0. The number of hydrogen-bond donors (Lipinski definition) is 2. The Morgan fingerprint density at radius 3 is 2.48 bits per heavy atom. The molecule has 0 spiro atoms. The number of nitrogen functional groups attached to an aromatic ring is 1. The highest BCUT2D eigenvalue weighted by Gasteiger charge is 2.15. The summed E-state index contributed by atoms with van der Waals surface area (Å²) in [6.07, 6.45) is 3.68. The molecule has 0 fully saturated rings. The van der Waals surface area contributed by atoms with Crippen LogP contribution in [-0.2, 0) is 16.4 Å².